The molecule has 13 heteroatoms. The number of benzene rings is 1. The fraction of sp³-hybridized carbons (Fsp3) is 0.222. The molecule has 1 aliphatic heterocycles. The van der Waals surface area contributed by atoms with Crippen LogP contribution in [0.1, 0.15) is 37.9 Å². The van der Waals surface area contributed by atoms with Gasteiger partial charge in [-0.1, -0.05) is 41.8 Å². The number of pyridine rings is 1. The molecule has 0 saturated heterocycles. The minimum atomic E-state index is -0.400. The largest absolute Gasteiger partial charge is 0.323 e. The van der Waals surface area contributed by atoms with Crippen molar-refractivity contribution in [1.29, 1.82) is 0 Å². The van der Waals surface area contributed by atoms with Crippen LogP contribution in [-0.4, -0.2) is 45.6 Å². The number of nitrogens with one attached hydrogen (secondary N) is 2. The van der Waals surface area contributed by atoms with Crippen molar-refractivity contribution in [3.05, 3.63) is 87.5 Å². The first kappa shape index (κ1) is 25.9. The third-order valence-corrected chi connectivity index (χ3v) is 7.40. The zero-order valence-electron chi connectivity index (χ0n) is 21.3. The fourth-order valence-electron chi connectivity index (χ4n) is 4.89. The minimum absolute atomic E-state index is 0.0803. The van der Waals surface area contributed by atoms with Crippen LogP contribution in [0.15, 0.2) is 66.1 Å². The normalized spacial score (nSPS) is 17.4. The number of nitrogens with zero attached hydrogens (tertiary/aromatic N) is 7. The lowest BCUT2D eigenvalue weighted by Gasteiger charge is -2.22. The lowest BCUT2D eigenvalue weighted by Crippen LogP contribution is -2.27. The first-order chi connectivity index (χ1) is 19.4. The Morgan fingerprint density at radius 1 is 1.05 bits per heavy atom. The van der Waals surface area contributed by atoms with Gasteiger partial charge >= 0.3 is 0 Å². The van der Waals surface area contributed by atoms with Crippen molar-refractivity contribution in [3.8, 4) is 28.2 Å². The van der Waals surface area contributed by atoms with Crippen molar-refractivity contribution in [2.24, 2.45) is 5.92 Å². The molecule has 6 rings (SSSR count). The Labute approximate surface area is 238 Å². The molecule has 11 nitrogen and oxygen atoms in total. The minimum Gasteiger partial charge on any atom is -0.323 e. The molecule has 1 aliphatic rings. The van der Waals surface area contributed by atoms with Gasteiger partial charge in [-0.3, -0.25) is 24.2 Å². The maximum absolute atomic E-state index is 13.6. The van der Waals surface area contributed by atoms with Crippen LogP contribution < -0.4 is 10.9 Å². The molecule has 5 heterocycles. The van der Waals surface area contributed by atoms with E-state index >= 15 is 0 Å². The molecule has 2 bridgehead atoms. The van der Waals surface area contributed by atoms with Crippen LogP contribution in [0.25, 0.3) is 28.2 Å². The summed E-state index contributed by atoms with van der Waals surface area (Å²) in [6, 6.07) is 10.0. The van der Waals surface area contributed by atoms with E-state index in [0.29, 0.717) is 58.3 Å². The van der Waals surface area contributed by atoms with Crippen LogP contribution in [0.3, 0.4) is 0 Å². The number of fused-ring (bicyclic) bond motifs is 4. The van der Waals surface area contributed by atoms with Crippen molar-refractivity contribution in [3.63, 3.8) is 0 Å². The van der Waals surface area contributed by atoms with Crippen LogP contribution >= 0.6 is 23.2 Å². The van der Waals surface area contributed by atoms with E-state index in [9.17, 15) is 9.59 Å². The van der Waals surface area contributed by atoms with Crippen molar-refractivity contribution in [2.45, 2.75) is 32.2 Å². The maximum Gasteiger partial charge on any atom is 0.254 e. The monoisotopic (exact) mass is 575 g/mol. The van der Waals surface area contributed by atoms with E-state index in [1.54, 1.807) is 41.4 Å². The Balaban J connectivity index is 1.42. The number of anilines is 1. The number of carbonyl (C=O) groups excluding carboxylic acids is 1. The van der Waals surface area contributed by atoms with E-state index in [1.807, 2.05) is 19.1 Å². The predicted molar refractivity (Wildman–Crippen MR) is 150 cm³/mol. The van der Waals surface area contributed by atoms with Gasteiger partial charge in [-0.25, -0.2) is 9.67 Å². The summed E-state index contributed by atoms with van der Waals surface area (Å²) in [5, 5.41) is 18.6. The quantitative estimate of drug-likeness (QED) is 0.311. The molecule has 2 N–H and O–H groups in total. The average molecular weight is 576 g/mol. The number of halogens is 2. The molecule has 0 aliphatic carbocycles. The maximum atomic E-state index is 13.6. The molecular weight excluding hydrogens is 553 g/mol. The van der Waals surface area contributed by atoms with Gasteiger partial charge in [0.1, 0.15) is 0 Å². The zero-order valence-corrected chi connectivity index (χ0v) is 22.8. The highest BCUT2D eigenvalue weighted by molar-refractivity contribution is 6.31. The summed E-state index contributed by atoms with van der Waals surface area (Å²) in [4.78, 5) is 35.7. The number of carbonyl (C=O) groups is 1. The first-order valence-electron chi connectivity index (χ1n) is 12.6. The number of hydrogen-bond donors (Lipinski definition) is 2. The zero-order chi connectivity index (χ0) is 27.8. The second-order valence-corrected chi connectivity index (χ2v) is 10.5. The van der Waals surface area contributed by atoms with Crippen LogP contribution in [-0.2, 0) is 4.79 Å². The van der Waals surface area contributed by atoms with E-state index in [2.05, 4.69) is 35.8 Å². The van der Waals surface area contributed by atoms with Crippen molar-refractivity contribution < 1.29 is 4.79 Å². The summed E-state index contributed by atoms with van der Waals surface area (Å²) in [5.41, 5.74) is 4.16. The summed E-state index contributed by atoms with van der Waals surface area (Å²) in [5.74, 6) is -0.305. The molecule has 1 aromatic carbocycles. The Bertz CT molecular complexity index is 1780. The average Bonchev–Trinajstić information content (AvgIpc) is 3.59. The second-order valence-electron chi connectivity index (χ2n) is 9.63. The van der Waals surface area contributed by atoms with E-state index in [1.165, 1.54) is 17.1 Å². The van der Waals surface area contributed by atoms with Gasteiger partial charge in [-0.05, 0) is 43.2 Å². The van der Waals surface area contributed by atoms with Crippen LogP contribution in [0.4, 0.5) is 5.69 Å². The van der Waals surface area contributed by atoms with E-state index < -0.39 is 6.04 Å². The van der Waals surface area contributed by atoms with Gasteiger partial charge in [-0.2, -0.15) is 5.10 Å². The van der Waals surface area contributed by atoms with Gasteiger partial charge in [-0.15, -0.1) is 5.10 Å². The smallest absolute Gasteiger partial charge is 0.254 e. The Morgan fingerprint density at radius 3 is 2.73 bits per heavy atom. The summed E-state index contributed by atoms with van der Waals surface area (Å²) in [6.45, 7) is 1.89. The van der Waals surface area contributed by atoms with E-state index in [4.69, 9.17) is 23.2 Å². The standard InChI is InChI=1S/C27H23Cl2N9O2/c1-15-3-2-4-23(20-9-16(7-8-30-20)26-21(12-32-35-26)33-27(15)40)37-14-31-19(11-25(37)39)18-10-17(28)5-6-22(18)38-13-24(29)34-36-38/h5-15,23H,2-4H2,1H3,(H,32,35)(H,33,40)/t15?,23-/m0/s1. The van der Waals surface area contributed by atoms with Crippen LogP contribution in [0, 0.1) is 5.92 Å². The number of H-pyrrole nitrogens is 1. The highest BCUT2D eigenvalue weighted by Gasteiger charge is 2.23. The summed E-state index contributed by atoms with van der Waals surface area (Å²) in [6.07, 6.45) is 8.29. The number of amides is 1. The first-order valence-corrected chi connectivity index (χ1v) is 13.4. The molecule has 1 unspecified atom stereocenters. The van der Waals surface area contributed by atoms with E-state index in [0.717, 1.165) is 5.56 Å². The summed E-state index contributed by atoms with van der Waals surface area (Å²) >= 11 is 12.3. The van der Waals surface area contributed by atoms with E-state index in [-0.39, 0.29) is 22.5 Å². The van der Waals surface area contributed by atoms with Crippen molar-refractivity contribution in [1.82, 2.24) is 39.7 Å². The molecular formula is C27H23Cl2N9O2. The molecule has 1 amide bonds. The van der Waals surface area contributed by atoms with Crippen LogP contribution in [0.5, 0.6) is 0 Å². The SMILES string of the molecule is CC1CCC[C@H](n2cnc(-c3cc(Cl)ccc3-n3cc(Cl)nn3)cc2=O)c2cc(ccn2)-c2[nH]ncc2NC1=O. The number of aromatic nitrogens is 8. The Kier molecular flexibility index (Phi) is 6.91. The number of aromatic amines is 1. The van der Waals surface area contributed by atoms with Gasteiger partial charge in [0.05, 0.1) is 53.2 Å². The van der Waals surface area contributed by atoms with Gasteiger partial charge < -0.3 is 5.32 Å². The molecule has 0 radical (unpaired) electrons. The molecule has 202 valence electrons. The van der Waals surface area contributed by atoms with Gasteiger partial charge in [0.25, 0.3) is 5.56 Å². The third-order valence-electron chi connectivity index (χ3n) is 6.99. The van der Waals surface area contributed by atoms with Crippen LogP contribution in [0.2, 0.25) is 10.2 Å². The topological polar surface area (TPSA) is 136 Å². The summed E-state index contributed by atoms with van der Waals surface area (Å²) in [7, 11) is 0. The Morgan fingerprint density at radius 2 is 1.93 bits per heavy atom. The van der Waals surface area contributed by atoms with Gasteiger partial charge in [0, 0.05) is 34.3 Å². The number of rotatable bonds is 3. The lowest BCUT2D eigenvalue weighted by molar-refractivity contribution is -0.119. The Hall–Kier alpha value is -4.35. The highest BCUT2D eigenvalue weighted by atomic mass is 35.5. The number of hydrogen-bond acceptors (Lipinski definition) is 7. The van der Waals surface area contributed by atoms with Gasteiger partial charge in [0.15, 0.2) is 5.15 Å². The lowest BCUT2D eigenvalue weighted by atomic mass is 9.97. The molecule has 0 saturated carbocycles. The second kappa shape index (κ2) is 10.7. The fourth-order valence-corrected chi connectivity index (χ4v) is 5.19. The van der Waals surface area contributed by atoms with Crippen molar-refractivity contribution in [2.75, 3.05) is 5.32 Å². The predicted octanol–water partition coefficient (Wildman–Crippen LogP) is 4.93. The molecule has 0 fully saturated rings. The molecule has 40 heavy (non-hydrogen) atoms. The molecule has 0 spiro atoms. The highest BCUT2D eigenvalue weighted by Crippen LogP contribution is 2.32. The molecule has 5 aromatic rings. The van der Waals surface area contributed by atoms with Gasteiger partial charge in [0.2, 0.25) is 5.91 Å². The van der Waals surface area contributed by atoms with Crippen molar-refractivity contribution >= 4 is 34.8 Å². The summed E-state index contributed by atoms with van der Waals surface area (Å²) < 4.78 is 3.08. The molecule has 4 aromatic heterocycles. The third kappa shape index (κ3) is 5.01. The molecule has 2 atom stereocenters.